The molecular weight excluding hydrogens is 285 g/mol. The predicted octanol–water partition coefficient (Wildman–Crippen LogP) is 3.04. The highest BCUT2D eigenvalue weighted by Gasteiger charge is 2.41. The maximum Gasteiger partial charge on any atom is 0.391 e. The van der Waals surface area contributed by atoms with Crippen LogP contribution in [0.4, 0.5) is 19.0 Å². The van der Waals surface area contributed by atoms with Gasteiger partial charge >= 0.3 is 12.1 Å². The van der Waals surface area contributed by atoms with Crippen molar-refractivity contribution in [3.8, 4) is 0 Å². The Kier molecular flexibility index (Phi) is 4.69. The predicted molar refractivity (Wildman–Crippen MR) is 71.2 cm³/mol. The first kappa shape index (κ1) is 15.6. The number of hydrogen-bond donors (Lipinski definition) is 0. The number of rotatable bonds is 3. The van der Waals surface area contributed by atoms with Crippen molar-refractivity contribution < 1.29 is 22.7 Å². The third kappa shape index (κ3) is 3.86. The second kappa shape index (κ2) is 6.32. The Morgan fingerprint density at radius 1 is 1.38 bits per heavy atom. The molecule has 0 amide bonds. The van der Waals surface area contributed by atoms with Gasteiger partial charge in [-0.1, -0.05) is 0 Å². The van der Waals surface area contributed by atoms with Crippen LogP contribution < -0.4 is 4.90 Å². The standard InChI is InChI=1S/C14H17F3N2O2/c1-2-21-13(20)10-3-4-12(18-9-10)19-7-5-11(6-8-19)14(15,16)17/h3-4,9,11H,2,5-8H2,1H3. The van der Waals surface area contributed by atoms with E-state index >= 15 is 0 Å². The lowest BCUT2D eigenvalue weighted by molar-refractivity contribution is -0.179. The second-order valence-electron chi connectivity index (χ2n) is 4.93. The zero-order valence-electron chi connectivity index (χ0n) is 11.7. The number of esters is 1. The molecule has 0 N–H and O–H groups in total. The summed E-state index contributed by atoms with van der Waals surface area (Å²) >= 11 is 0. The van der Waals surface area contributed by atoms with Gasteiger partial charge in [-0.3, -0.25) is 0 Å². The molecule has 21 heavy (non-hydrogen) atoms. The van der Waals surface area contributed by atoms with Gasteiger partial charge in [0.25, 0.3) is 0 Å². The molecule has 0 bridgehead atoms. The van der Waals surface area contributed by atoms with Gasteiger partial charge < -0.3 is 9.64 Å². The van der Waals surface area contributed by atoms with E-state index in [-0.39, 0.29) is 19.4 Å². The van der Waals surface area contributed by atoms with Crippen molar-refractivity contribution in [1.29, 1.82) is 0 Å². The van der Waals surface area contributed by atoms with Gasteiger partial charge in [-0.2, -0.15) is 13.2 Å². The Hall–Kier alpha value is -1.79. The Bertz CT molecular complexity index is 480. The van der Waals surface area contributed by atoms with Crippen LogP contribution in [-0.4, -0.2) is 36.8 Å². The van der Waals surface area contributed by atoms with E-state index in [0.29, 0.717) is 24.5 Å². The molecule has 1 aromatic rings. The van der Waals surface area contributed by atoms with Gasteiger partial charge in [-0.05, 0) is 31.9 Å². The zero-order chi connectivity index (χ0) is 15.5. The summed E-state index contributed by atoms with van der Waals surface area (Å²) in [4.78, 5) is 17.4. The molecule has 1 aliphatic heterocycles. The van der Waals surface area contributed by atoms with E-state index in [1.165, 1.54) is 6.20 Å². The Morgan fingerprint density at radius 3 is 2.52 bits per heavy atom. The van der Waals surface area contributed by atoms with Gasteiger partial charge in [0.15, 0.2) is 0 Å². The van der Waals surface area contributed by atoms with Crippen LogP contribution >= 0.6 is 0 Å². The van der Waals surface area contributed by atoms with Crippen molar-refractivity contribution in [2.75, 3.05) is 24.6 Å². The molecule has 0 unspecified atom stereocenters. The molecule has 0 aliphatic carbocycles. The molecule has 7 heteroatoms. The molecule has 116 valence electrons. The fraction of sp³-hybridized carbons (Fsp3) is 0.571. The minimum Gasteiger partial charge on any atom is -0.462 e. The van der Waals surface area contributed by atoms with Crippen LogP contribution in [0.15, 0.2) is 18.3 Å². The quantitative estimate of drug-likeness (QED) is 0.805. The third-order valence-corrected chi connectivity index (χ3v) is 3.54. The monoisotopic (exact) mass is 302 g/mol. The van der Waals surface area contributed by atoms with E-state index in [1.807, 2.05) is 0 Å². The third-order valence-electron chi connectivity index (χ3n) is 3.54. The number of halogens is 3. The van der Waals surface area contributed by atoms with Crippen LogP contribution in [0.2, 0.25) is 0 Å². The van der Waals surface area contributed by atoms with Gasteiger partial charge in [-0.25, -0.2) is 9.78 Å². The number of pyridine rings is 1. The Morgan fingerprint density at radius 2 is 2.05 bits per heavy atom. The molecular formula is C14H17F3N2O2. The molecule has 1 saturated heterocycles. The molecule has 2 heterocycles. The van der Waals surface area contributed by atoms with Crippen LogP contribution in [0.25, 0.3) is 0 Å². The average Bonchev–Trinajstić information content (AvgIpc) is 2.47. The van der Waals surface area contributed by atoms with Gasteiger partial charge in [-0.15, -0.1) is 0 Å². The fourth-order valence-corrected chi connectivity index (χ4v) is 2.34. The van der Waals surface area contributed by atoms with Gasteiger partial charge in [0.2, 0.25) is 0 Å². The van der Waals surface area contributed by atoms with E-state index in [9.17, 15) is 18.0 Å². The molecule has 0 atom stereocenters. The van der Waals surface area contributed by atoms with Gasteiger partial charge in [0.1, 0.15) is 5.82 Å². The summed E-state index contributed by atoms with van der Waals surface area (Å²) in [6.45, 7) is 2.63. The number of nitrogens with zero attached hydrogens (tertiary/aromatic N) is 2. The highest BCUT2D eigenvalue weighted by Crippen LogP contribution is 2.34. The normalized spacial score (nSPS) is 16.9. The van der Waals surface area contributed by atoms with Crippen molar-refractivity contribution in [1.82, 2.24) is 4.98 Å². The number of hydrogen-bond acceptors (Lipinski definition) is 4. The number of aromatic nitrogens is 1. The molecule has 0 radical (unpaired) electrons. The van der Waals surface area contributed by atoms with E-state index in [2.05, 4.69) is 4.98 Å². The fourth-order valence-electron chi connectivity index (χ4n) is 2.34. The molecule has 0 aromatic carbocycles. The number of alkyl halides is 3. The van der Waals surface area contributed by atoms with Crippen molar-refractivity contribution in [3.63, 3.8) is 0 Å². The van der Waals surface area contributed by atoms with E-state index < -0.39 is 18.1 Å². The van der Waals surface area contributed by atoms with Crippen LogP contribution in [-0.2, 0) is 4.74 Å². The van der Waals surface area contributed by atoms with Gasteiger partial charge in [0.05, 0.1) is 18.1 Å². The lowest BCUT2D eigenvalue weighted by Gasteiger charge is -2.33. The lowest BCUT2D eigenvalue weighted by Crippen LogP contribution is -2.39. The molecule has 1 aromatic heterocycles. The number of anilines is 1. The molecule has 4 nitrogen and oxygen atoms in total. The molecule has 0 spiro atoms. The summed E-state index contributed by atoms with van der Waals surface area (Å²) in [5, 5.41) is 0. The first-order valence-corrected chi connectivity index (χ1v) is 6.86. The minimum absolute atomic E-state index is 0.0742. The zero-order valence-corrected chi connectivity index (χ0v) is 11.7. The summed E-state index contributed by atoms with van der Waals surface area (Å²) in [6.07, 6.45) is -2.58. The van der Waals surface area contributed by atoms with Gasteiger partial charge in [0, 0.05) is 19.3 Å². The highest BCUT2D eigenvalue weighted by molar-refractivity contribution is 5.89. The van der Waals surface area contributed by atoms with Crippen LogP contribution in [0.1, 0.15) is 30.1 Å². The highest BCUT2D eigenvalue weighted by atomic mass is 19.4. The second-order valence-corrected chi connectivity index (χ2v) is 4.93. The maximum absolute atomic E-state index is 12.6. The smallest absolute Gasteiger partial charge is 0.391 e. The molecule has 1 fully saturated rings. The first-order chi connectivity index (χ1) is 9.91. The molecule has 2 rings (SSSR count). The molecule has 0 saturated carbocycles. The lowest BCUT2D eigenvalue weighted by atomic mass is 9.96. The van der Waals surface area contributed by atoms with E-state index in [1.54, 1.807) is 24.0 Å². The average molecular weight is 302 g/mol. The van der Waals surface area contributed by atoms with E-state index in [4.69, 9.17) is 4.74 Å². The SMILES string of the molecule is CCOC(=O)c1ccc(N2CCC(C(F)(F)F)CC2)nc1. The summed E-state index contributed by atoms with van der Waals surface area (Å²) in [7, 11) is 0. The number of ether oxygens (including phenoxy) is 1. The van der Waals surface area contributed by atoms with Crippen molar-refractivity contribution >= 4 is 11.8 Å². The first-order valence-electron chi connectivity index (χ1n) is 6.86. The van der Waals surface area contributed by atoms with Crippen molar-refractivity contribution in [2.45, 2.75) is 25.9 Å². The van der Waals surface area contributed by atoms with Crippen molar-refractivity contribution in [3.05, 3.63) is 23.9 Å². The van der Waals surface area contributed by atoms with Crippen LogP contribution in [0.5, 0.6) is 0 Å². The van der Waals surface area contributed by atoms with Crippen LogP contribution in [0, 0.1) is 5.92 Å². The molecule has 1 aliphatic rings. The summed E-state index contributed by atoms with van der Waals surface area (Å²) in [5.41, 5.74) is 0.339. The number of piperidine rings is 1. The largest absolute Gasteiger partial charge is 0.462 e. The van der Waals surface area contributed by atoms with E-state index in [0.717, 1.165) is 0 Å². The summed E-state index contributed by atoms with van der Waals surface area (Å²) < 4.78 is 42.6. The van der Waals surface area contributed by atoms with Crippen LogP contribution in [0.3, 0.4) is 0 Å². The maximum atomic E-state index is 12.6. The Labute approximate surface area is 120 Å². The Balaban J connectivity index is 1.96. The number of carbonyl (C=O) groups excluding carboxylic acids is 1. The number of carbonyl (C=O) groups is 1. The summed E-state index contributed by atoms with van der Waals surface area (Å²) in [5.74, 6) is -1.09. The summed E-state index contributed by atoms with van der Waals surface area (Å²) in [6, 6.07) is 3.22. The minimum atomic E-state index is -4.12. The topological polar surface area (TPSA) is 42.4 Å². The van der Waals surface area contributed by atoms with Crippen molar-refractivity contribution in [2.24, 2.45) is 5.92 Å².